The average Bonchev–Trinajstić information content (AvgIpc) is 2.92. The summed E-state index contributed by atoms with van der Waals surface area (Å²) in [5.41, 5.74) is 0.728. The van der Waals surface area contributed by atoms with Crippen molar-refractivity contribution >= 4 is 9.84 Å². The molecule has 0 aromatic carbocycles. The zero-order valence-electron chi connectivity index (χ0n) is 9.20. The molecule has 0 radical (unpaired) electrons. The van der Waals surface area contributed by atoms with Crippen molar-refractivity contribution in [2.45, 2.75) is 31.4 Å². The van der Waals surface area contributed by atoms with Crippen LogP contribution in [0.1, 0.15) is 37.1 Å². The zero-order valence-corrected chi connectivity index (χ0v) is 10.0. The smallest absolute Gasteiger partial charge is 0.147 e. The molecule has 1 saturated carbocycles. The second-order valence-electron chi connectivity index (χ2n) is 4.39. The van der Waals surface area contributed by atoms with E-state index in [-0.39, 0.29) is 12.2 Å². The van der Waals surface area contributed by atoms with Gasteiger partial charge < -0.3 is 9.67 Å². The number of aliphatic hydroxyl groups excluding tert-OH is 1. The highest BCUT2D eigenvalue weighted by molar-refractivity contribution is 7.90. The minimum Gasteiger partial charge on any atom is -0.387 e. The van der Waals surface area contributed by atoms with Gasteiger partial charge in [0.25, 0.3) is 0 Å². The van der Waals surface area contributed by atoms with E-state index in [0.717, 1.165) is 18.5 Å². The van der Waals surface area contributed by atoms with Gasteiger partial charge in [0.15, 0.2) is 0 Å². The maximum atomic E-state index is 11.0. The third-order valence-electron chi connectivity index (χ3n) is 2.74. The molecule has 1 atom stereocenters. The Balaban J connectivity index is 2.02. The summed E-state index contributed by atoms with van der Waals surface area (Å²) in [6, 6.07) is 0.449. The first-order valence-corrected chi connectivity index (χ1v) is 7.41. The molecule has 2 rings (SSSR count). The Hall–Kier alpha value is -0.880. The Bertz CT molecular complexity index is 462. The molecule has 1 aromatic rings. The van der Waals surface area contributed by atoms with Crippen molar-refractivity contribution in [3.63, 3.8) is 0 Å². The van der Waals surface area contributed by atoms with Crippen molar-refractivity contribution in [3.8, 4) is 0 Å². The number of imidazole rings is 1. The lowest BCUT2D eigenvalue weighted by Crippen LogP contribution is -2.11. The molecule has 1 heterocycles. The van der Waals surface area contributed by atoms with Gasteiger partial charge in [-0.15, -0.1) is 0 Å². The van der Waals surface area contributed by atoms with E-state index in [9.17, 15) is 13.5 Å². The Morgan fingerprint density at radius 1 is 1.62 bits per heavy atom. The minimum atomic E-state index is -3.02. The maximum Gasteiger partial charge on any atom is 0.147 e. The standard InChI is InChI=1S/C10H16N2O3S/c1-16(14,15)5-4-10(13)9-6-11-7-12(9)8-2-3-8/h6-8,10,13H,2-5H2,1H3. The van der Waals surface area contributed by atoms with Gasteiger partial charge in [-0.25, -0.2) is 13.4 Å². The summed E-state index contributed by atoms with van der Waals surface area (Å²) >= 11 is 0. The lowest BCUT2D eigenvalue weighted by molar-refractivity contribution is 0.164. The molecule has 1 unspecified atom stereocenters. The Labute approximate surface area is 95.0 Å². The Morgan fingerprint density at radius 2 is 2.31 bits per heavy atom. The molecule has 1 aliphatic carbocycles. The van der Waals surface area contributed by atoms with Crippen LogP contribution in [-0.2, 0) is 9.84 Å². The maximum absolute atomic E-state index is 11.0. The summed E-state index contributed by atoms with van der Waals surface area (Å²) < 4.78 is 24.0. The molecule has 1 fully saturated rings. The summed E-state index contributed by atoms with van der Waals surface area (Å²) in [5.74, 6) is 0.00398. The second kappa shape index (κ2) is 4.18. The fourth-order valence-corrected chi connectivity index (χ4v) is 2.36. The fraction of sp³-hybridized carbons (Fsp3) is 0.700. The van der Waals surface area contributed by atoms with Crippen LogP contribution in [0.5, 0.6) is 0 Å². The SMILES string of the molecule is CS(=O)(=O)CCC(O)c1cncn1C1CC1. The highest BCUT2D eigenvalue weighted by Crippen LogP contribution is 2.37. The molecule has 0 aliphatic heterocycles. The van der Waals surface area contributed by atoms with Crippen LogP contribution in [0.4, 0.5) is 0 Å². The van der Waals surface area contributed by atoms with Crippen molar-refractivity contribution in [2.24, 2.45) is 0 Å². The summed E-state index contributed by atoms with van der Waals surface area (Å²) in [6.45, 7) is 0. The first kappa shape index (κ1) is 11.6. The van der Waals surface area contributed by atoms with Gasteiger partial charge in [-0.3, -0.25) is 0 Å². The van der Waals surface area contributed by atoms with Gasteiger partial charge in [0, 0.05) is 12.3 Å². The van der Waals surface area contributed by atoms with Gasteiger partial charge >= 0.3 is 0 Å². The van der Waals surface area contributed by atoms with E-state index in [1.807, 2.05) is 4.57 Å². The van der Waals surface area contributed by atoms with E-state index in [1.54, 1.807) is 12.5 Å². The predicted molar refractivity (Wildman–Crippen MR) is 59.8 cm³/mol. The molecule has 90 valence electrons. The molecule has 1 aliphatic rings. The van der Waals surface area contributed by atoms with Gasteiger partial charge in [0.05, 0.1) is 30.1 Å². The zero-order chi connectivity index (χ0) is 11.8. The van der Waals surface area contributed by atoms with Crippen LogP contribution in [0.3, 0.4) is 0 Å². The van der Waals surface area contributed by atoms with Crippen LogP contribution in [0.2, 0.25) is 0 Å². The van der Waals surface area contributed by atoms with Crippen LogP contribution in [0.15, 0.2) is 12.5 Å². The van der Waals surface area contributed by atoms with Crippen molar-refractivity contribution in [1.82, 2.24) is 9.55 Å². The summed E-state index contributed by atoms with van der Waals surface area (Å²) in [4.78, 5) is 4.00. The van der Waals surface area contributed by atoms with E-state index in [1.165, 1.54) is 6.26 Å². The molecule has 16 heavy (non-hydrogen) atoms. The van der Waals surface area contributed by atoms with Gasteiger partial charge in [0.2, 0.25) is 0 Å². The van der Waals surface area contributed by atoms with Gasteiger partial charge in [-0.05, 0) is 19.3 Å². The van der Waals surface area contributed by atoms with Gasteiger partial charge in [-0.2, -0.15) is 0 Å². The second-order valence-corrected chi connectivity index (χ2v) is 6.65. The number of aliphatic hydroxyl groups is 1. The first-order chi connectivity index (χ1) is 7.47. The molecule has 5 nitrogen and oxygen atoms in total. The van der Waals surface area contributed by atoms with Crippen LogP contribution in [0, 0.1) is 0 Å². The van der Waals surface area contributed by atoms with Crippen LogP contribution < -0.4 is 0 Å². The van der Waals surface area contributed by atoms with E-state index in [0.29, 0.717) is 6.04 Å². The van der Waals surface area contributed by atoms with E-state index in [2.05, 4.69) is 4.98 Å². The number of sulfone groups is 1. The molecule has 0 saturated heterocycles. The van der Waals surface area contributed by atoms with Crippen molar-refractivity contribution < 1.29 is 13.5 Å². The third-order valence-corrected chi connectivity index (χ3v) is 3.72. The Morgan fingerprint density at radius 3 is 2.88 bits per heavy atom. The summed E-state index contributed by atoms with van der Waals surface area (Å²) in [6.07, 6.45) is 6.22. The van der Waals surface area contributed by atoms with Crippen molar-refractivity contribution in [1.29, 1.82) is 0 Å². The van der Waals surface area contributed by atoms with Crippen LogP contribution in [-0.4, -0.2) is 35.1 Å². The summed E-state index contributed by atoms with van der Waals surface area (Å²) in [5, 5.41) is 9.90. The molecule has 1 aromatic heterocycles. The molecular formula is C10H16N2O3S. The van der Waals surface area contributed by atoms with Crippen molar-refractivity contribution in [2.75, 3.05) is 12.0 Å². The number of hydrogen-bond donors (Lipinski definition) is 1. The topological polar surface area (TPSA) is 72.2 Å². The minimum absolute atomic E-state index is 0.00398. The molecule has 6 heteroatoms. The third kappa shape index (κ3) is 2.82. The normalized spacial score (nSPS) is 18.6. The molecule has 1 N–H and O–H groups in total. The van der Waals surface area contributed by atoms with E-state index < -0.39 is 15.9 Å². The lowest BCUT2D eigenvalue weighted by atomic mass is 10.2. The number of nitrogens with zero attached hydrogens (tertiary/aromatic N) is 2. The quantitative estimate of drug-likeness (QED) is 0.827. The molecule has 0 spiro atoms. The highest BCUT2D eigenvalue weighted by Gasteiger charge is 2.27. The molecule has 0 amide bonds. The van der Waals surface area contributed by atoms with Crippen LogP contribution >= 0.6 is 0 Å². The van der Waals surface area contributed by atoms with E-state index in [4.69, 9.17) is 0 Å². The number of hydrogen-bond acceptors (Lipinski definition) is 4. The van der Waals surface area contributed by atoms with Gasteiger partial charge in [0.1, 0.15) is 9.84 Å². The van der Waals surface area contributed by atoms with Crippen LogP contribution in [0.25, 0.3) is 0 Å². The fourth-order valence-electron chi connectivity index (χ4n) is 1.70. The molecule has 0 bridgehead atoms. The van der Waals surface area contributed by atoms with Gasteiger partial charge in [-0.1, -0.05) is 0 Å². The summed E-state index contributed by atoms with van der Waals surface area (Å²) in [7, 11) is -3.02. The number of aromatic nitrogens is 2. The average molecular weight is 244 g/mol. The Kier molecular flexibility index (Phi) is 3.03. The van der Waals surface area contributed by atoms with Crippen molar-refractivity contribution in [3.05, 3.63) is 18.2 Å². The highest BCUT2D eigenvalue weighted by atomic mass is 32.2. The first-order valence-electron chi connectivity index (χ1n) is 5.35. The molecular weight excluding hydrogens is 228 g/mol. The lowest BCUT2D eigenvalue weighted by Gasteiger charge is -2.12. The van der Waals surface area contributed by atoms with E-state index >= 15 is 0 Å². The largest absolute Gasteiger partial charge is 0.387 e. The monoisotopic (exact) mass is 244 g/mol. The predicted octanol–water partition coefficient (Wildman–Crippen LogP) is 0.686. The number of rotatable bonds is 5.